The van der Waals surface area contributed by atoms with E-state index in [4.69, 9.17) is 0 Å². The van der Waals surface area contributed by atoms with Crippen molar-refractivity contribution in [3.8, 4) is 11.4 Å². The van der Waals surface area contributed by atoms with Gasteiger partial charge in [0.05, 0.1) is 56.8 Å². The van der Waals surface area contributed by atoms with Gasteiger partial charge in [0.1, 0.15) is 17.9 Å². The second-order valence-electron chi connectivity index (χ2n) is 17.6. The van der Waals surface area contributed by atoms with Gasteiger partial charge in [-0.1, -0.05) is 83.7 Å². The van der Waals surface area contributed by atoms with Crippen molar-refractivity contribution >= 4 is 38.1 Å². The first-order valence-electron chi connectivity index (χ1n) is 21.2. The Morgan fingerprint density at radius 1 is 0.672 bits per heavy atom. The SMILES string of the molecule is C.C.C.CS(=O)(=O)c1ccccc1.C[C@]12Cc3cnn(-c4ccc(F)cc4)c3C=C1CC[C@@H]2C=O.C[C@]12Cc3cnn(-c4ccc(F)cc4)c3C=C1CC[C@@H]2[C@@H](O)CS(=O)(=O)c1ccccc1. The van der Waals surface area contributed by atoms with Crippen molar-refractivity contribution < 1.29 is 35.5 Å². The first-order valence-corrected chi connectivity index (χ1v) is 24.8. The van der Waals surface area contributed by atoms with Crippen LogP contribution in [0.2, 0.25) is 0 Å². The van der Waals surface area contributed by atoms with Crippen LogP contribution in [0.4, 0.5) is 8.78 Å². The summed E-state index contributed by atoms with van der Waals surface area (Å²) in [5, 5.41) is 20.0. The summed E-state index contributed by atoms with van der Waals surface area (Å²) in [6, 6.07) is 29.2. The highest BCUT2D eigenvalue weighted by molar-refractivity contribution is 7.91. The van der Waals surface area contributed by atoms with E-state index >= 15 is 0 Å². The molecule has 14 heteroatoms. The summed E-state index contributed by atoms with van der Waals surface area (Å²) in [4.78, 5) is 12.0. The van der Waals surface area contributed by atoms with Gasteiger partial charge in [-0.3, -0.25) is 0 Å². The average molecular weight is 953 g/mol. The van der Waals surface area contributed by atoms with Crippen molar-refractivity contribution in [3.05, 3.63) is 167 Å². The summed E-state index contributed by atoms with van der Waals surface area (Å²) < 4.78 is 77.4. The van der Waals surface area contributed by atoms with Gasteiger partial charge in [-0.2, -0.15) is 10.2 Å². The van der Waals surface area contributed by atoms with Gasteiger partial charge < -0.3 is 9.90 Å². The number of carbonyl (C=O) groups excluding carboxylic acids is 1. The fourth-order valence-electron chi connectivity index (χ4n) is 9.90. The zero-order valence-corrected chi connectivity index (χ0v) is 37.4. The average Bonchev–Trinajstić information content (AvgIpc) is 4.05. The van der Waals surface area contributed by atoms with Crippen LogP contribution in [-0.2, 0) is 37.3 Å². The smallest absolute Gasteiger partial charge is 0.180 e. The second kappa shape index (κ2) is 20.6. The number of aliphatic hydroxyl groups is 1. The van der Waals surface area contributed by atoms with Gasteiger partial charge in [0, 0.05) is 17.6 Å². The molecule has 10 nitrogen and oxygen atoms in total. The molecule has 2 saturated carbocycles. The van der Waals surface area contributed by atoms with Crippen LogP contribution in [0.1, 0.15) is 84.3 Å². The molecule has 0 amide bonds. The van der Waals surface area contributed by atoms with Crippen LogP contribution in [0.15, 0.2) is 143 Å². The molecule has 356 valence electrons. The van der Waals surface area contributed by atoms with Crippen molar-refractivity contribution in [2.45, 2.75) is 90.5 Å². The lowest BCUT2D eigenvalue weighted by atomic mass is 9.68. The molecule has 0 saturated heterocycles. The number of hydrogen-bond donors (Lipinski definition) is 1. The number of hydrogen-bond acceptors (Lipinski definition) is 8. The van der Waals surface area contributed by atoms with Gasteiger partial charge >= 0.3 is 0 Å². The summed E-state index contributed by atoms with van der Waals surface area (Å²) >= 11 is 0. The summed E-state index contributed by atoms with van der Waals surface area (Å²) in [7, 11) is -6.58. The summed E-state index contributed by atoms with van der Waals surface area (Å²) in [5.74, 6) is -0.888. The van der Waals surface area contributed by atoms with Crippen LogP contribution in [-0.4, -0.2) is 65.9 Å². The Balaban J connectivity index is 0.000000208. The van der Waals surface area contributed by atoms with Gasteiger partial charge in [0.15, 0.2) is 19.7 Å². The van der Waals surface area contributed by atoms with E-state index in [2.05, 4.69) is 36.2 Å². The molecular weight excluding hydrogens is 891 g/mol. The number of benzene rings is 4. The molecule has 0 bridgehead atoms. The normalized spacial score (nSPS) is 21.5. The number of aromatic nitrogens is 4. The van der Waals surface area contributed by atoms with Crippen molar-refractivity contribution in [1.29, 1.82) is 0 Å². The largest absolute Gasteiger partial charge is 0.392 e. The number of sulfone groups is 2. The minimum atomic E-state index is -3.57. The highest BCUT2D eigenvalue weighted by Gasteiger charge is 2.49. The van der Waals surface area contributed by atoms with Gasteiger partial charge in [0.25, 0.3) is 0 Å². The Hall–Kier alpha value is -5.83. The first-order chi connectivity index (χ1) is 30.5. The zero-order chi connectivity index (χ0) is 45.4. The molecule has 0 aliphatic heterocycles. The first kappa shape index (κ1) is 52.1. The molecule has 0 radical (unpaired) electrons. The third-order valence-corrected chi connectivity index (χ3v) is 16.4. The number of allylic oxidation sites excluding steroid dienone is 2. The highest BCUT2D eigenvalue weighted by atomic mass is 32.2. The molecule has 6 aromatic rings. The summed E-state index contributed by atoms with van der Waals surface area (Å²) in [5.41, 5.74) is 8.03. The minimum Gasteiger partial charge on any atom is -0.392 e. The highest BCUT2D eigenvalue weighted by Crippen LogP contribution is 2.55. The lowest BCUT2D eigenvalue weighted by molar-refractivity contribution is -0.113. The van der Waals surface area contributed by atoms with E-state index in [0.717, 1.165) is 72.3 Å². The van der Waals surface area contributed by atoms with Crippen molar-refractivity contribution in [2.24, 2.45) is 22.7 Å². The second-order valence-corrected chi connectivity index (χ2v) is 21.6. The standard InChI is InChI=1S/C25H25FN2O3S.C18H17FN2O.C7H8O2S.3CH4/c1-25-14-17-15-27-28(20-10-8-19(26)9-11-20)23(17)13-18(25)7-12-22(25)24(29)16-32(30,31)21-5-3-2-4-6-21;1-18-9-12-10-20-21(16-6-4-15(19)5-7-16)17(12)8-13(18)2-3-14(18)11-22;1-10(8,9)7-5-3-2-4-6-7;;;/h2-6,8-11,13,15,22,24,29H,7,12,14,16H2,1H3;4-8,10-11,14H,2-3,9H2,1H3;2-6H,1H3;3*1H4/t22-,24+,25+;14-,18+;;;;/m11..../s1. The molecule has 0 unspecified atom stereocenters. The van der Waals surface area contributed by atoms with Gasteiger partial charge in [-0.15, -0.1) is 0 Å². The van der Waals surface area contributed by atoms with E-state index in [1.54, 1.807) is 84.9 Å². The lowest BCUT2D eigenvalue weighted by Crippen LogP contribution is -2.39. The molecule has 1 N–H and O–H groups in total. The molecule has 67 heavy (non-hydrogen) atoms. The molecule has 2 heterocycles. The van der Waals surface area contributed by atoms with Gasteiger partial charge in [0.2, 0.25) is 0 Å². The Morgan fingerprint density at radius 3 is 1.55 bits per heavy atom. The summed E-state index contributed by atoms with van der Waals surface area (Å²) in [6.45, 7) is 4.30. The Kier molecular flexibility index (Phi) is 16.0. The molecule has 0 spiro atoms. The number of nitrogens with zero attached hydrogens (tertiary/aromatic N) is 4. The quantitative estimate of drug-likeness (QED) is 0.149. The molecule has 2 aromatic heterocycles. The monoisotopic (exact) mass is 952 g/mol. The van der Waals surface area contributed by atoms with E-state index < -0.39 is 25.8 Å². The number of fused-ring (bicyclic) bond motifs is 4. The van der Waals surface area contributed by atoms with E-state index in [9.17, 15) is 35.5 Å². The van der Waals surface area contributed by atoms with Crippen LogP contribution < -0.4 is 0 Å². The molecule has 2 fully saturated rings. The van der Waals surface area contributed by atoms with E-state index in [1.807, 2.05) is 21.8 Å². The number of rotatable bonds is 8. The predicted octanol–water partition coefficient (Wildman–Crippen LogP) is 10.8. The summed E-state index contributed by atoms with van der Waals surface area (Å²) in [6.07, 6.45) is 14.3. The fraction of sp³-hybridized carbons (Fsp3) is 0.340. The number of carbonyl (C=O) groups is 1. The molecule has 4 aliphatic rings. The van der Waals surface area contributed by atoms with E-state index in [0.29, 0.717) is 11.3 Å². The molecule has 10 rings (SSSR count). The van der Waals surface area contributed by atoms with Crippen LogP contribution in [0, 0.1) is 34.3 Å². The lowest BCUT2D eigenvalue weighted by Gasteiger charge is -2.38. The van der Waals surface area contributed by atoms with Gasteiger partial charge in [-0.25, -0.2) is 35.0 Å². The van der Waals surface area contributed by atoms with Crippen molar-refractivity contribution in [3.63, 3.8) is 0 Å². The van der Waals surface area contributed by atoms with E-state index in [1.165, 1.54) is 41.7 Å². The zero-order valence-electron chi connectivity index (χ0n) is 35.8. The molecule has 5 atom stereocenters. The van der Waals surface area contributed by atoms with Crippen LogP contribution in [0.5, 0.6) is 0 Å². The topological polar surface area (TPSA) is 141 Å². The number of halogens is 2. The predicted molar refractivity (Wildman–Crippen MR) is 262 cm³/mol. The van der Waals surface area contributed by atoms with Crippen LogP contribution >= 0.6 is 0 Å². The maximum absolute atomic E-state index is 13.3. The van der Waals surface area contributed by atoms with Crippen molar-refractivity contribution in [1.82, 2.24) is 19.6 Å². The third kappa shape index (κ3) is 10.5. The maximum atomic E-state index is 13.3. The molecular formula is C53H62F2N4O6S2. The Morgan fingerprint density at radius 2 is 1.10 bits per heavy atom. The number of aliphatic hydroxyl groups excluding tert-OH is 1. The number of aldehydes is 1. The van der Waals surface area contributed by atoms with E-state index in [-0.39, 0.29) is 67.2 Å². The van der Waals surface area contributed by atoms with Crippen molar-refractivity contribution in [2.75, 3.05) is 12.0 Å². The fourth-order valence-corrected chi connectivity index (χ4v) is 12.0. The van der Waals surface area contributed by atoms with Crippen LogP contribution in [0.3, 0.4) is 0 Å². The van der Waals surface area contributed by atoms with Gasteiger partial charge in [-0.05, 0) is 146 Å². The Labute approximate surface area is 394 Å². The molecule has 4 aromatic carbocycles. The minimum absolute atomic E-state index is 0. The third-order valence-electron chi connectivity index (χ3n) is 13.5. The van der Waals surface area contributed by atoms with Crippen LogP contribution in [0.25, 0.3) is 23.5 Å². The molecule has 4 aliphatic carbocycles. The Bertz CT molecular complexity index is 2950. The maximum Gasteiger partial charge on any atom is 0.180 e.